The Labute approximate surface area is 95.6 Å². The van der Waals surface area contributed by atoms with Gasteiger partial charge in [-0.15, -0.1) is 0 Å². The van der Waals surface area contributed by atoms with Gasteiger partial charge in [-0.2, -0.15) is 0 Å². The van der Waals surface area contributed by atoms with Gasteiger partial charge in [-0.3, -0.25) is 4.90 Å². The summed E-state index contributed by atoms with van der Waals surface area (Å²) in [5, 5.41) is 9.43. The lowest BCUT2D eigenvalue weighted by atomic mass is 10.3. The Morgan fingerprint density at radius 2 is 2.12 bits per heavy atom. The van der Waals surface area contributed by atoms with Crippen molar-refractivity contribution in [2.24, 2.45) is 0 Å². The van der Waals surface area contributed by atoms with Crippen LogP contribution < -0.4 is 10.5 Å². The Hall–Kier alpha value is -1.26. The highest BCUT2D eigenvalue weighted by atomic mass is 16.5. The van der Waals surface area contributed by atoms with Crippen LogP contribution in [0.1, 0.15) is 13.3 Å². The third-order valence-corrected chi connectivity index (χ3v) is 2.89. The highest BCUT2D eigenvalue weighted by Crippen LogP contribution is 2.20. The molecule has 88 valence electrons. The zero-order valence-corrected chi connectivity index (χ0v) is 9.47. The molecule has 1 heterocycles. The third kappa shape index (κ3) is 2.65. The molecule has 1 aliphatic heterocycles. The maximum absolute atomic E-state index is 9.43. The quantitative estimate of drug-likeness (QED) is 0.751. The first kappa shape index (κ1) is 11.2. The number of nitrogens with two attached hydrogens (primary N) is 1. The number of aliphatic hydroxyl groups excluding tert-OH is 1. The number of aliphatic hydroxyl groups is 1. The van der Waals surface area contributed by atoms with Crippen LogP contribution in [0.2, 0.25) is 0 Å². The van der Waals surface area contributed by atoms with Gasteiger partial charge in [0, 0.05) is 18.8 Å². The molecule has 1 unspecified atom stereocenters. The molecular formula is C12H18N2O2. The first-order valence-corrected chi connectivity index (χ1v) is 5.59. The second kappa shape index (κ2) is 4.72. The normalized spacial score (nSPS) is 23.2. The van der Waals surface area contributed by atoms with Crippen LogP contribution in [0.4, 0.5) is 5.69 Å². The zero-order valence-electron chi connectivity index (χ0n) is 9.47. The highest BCUT2D eigenvalue weighted by Gasteiger charge is 2.26. The molecule has 2 rings (SSSR count). The van der Waals surface area contributed by atoms with E-state index in [-0.39, 0.29) is 12.3 Å². The maximum atomic E-state index is 9.43. The molecule has 0 radical (unpaired) electrons. The van der Waals surface area contributed by atoms with Gasteiger partial charge in [-0.1, -0.05) is 0 Å². The van der Waals surface area contributed by atoms with E-state index in [4.69, 9.17) is 10.5 Å². The smallest absolute Gasteiger partial charge is 0.119 e. The fraction of sp³-hybridized carbons (Fsp3) is 0.500. The molecule has 16 heavy (non-hydrogen) atoms. The summed E-state index contributed by atoms with van der Waals surface area (Å²) in [6.07, 6.45) is 0.730. The van der Waals surface area contributed by atoms with Gasteiger partial charge in [0.25, 0.3) is 0 Å². The van der Waals surface area contributed by atoms with Crippen molar-refractivity contribution in [3.05, 3.63) is 24.3 Å². The number of anilines is 1. The van der Waals surface area contributed by atoms with Crippen molar-refractivity contribution in [1.82, 2.24) is 4.90 Å². The van der Waals surface area contributed by atoms with E-state index in [0.717, 1.165) is 30.9 Å². The topological polar surface area (TPSA) is 58.7 Å². The van der Waals surface area contributed by atoms with Crippen molar-refractivity contribution in [1.29, 1.82) is 0 Å². The number of likely N-dealkylation sites (tertiary alicyclic amines) is 1. The minimum atomic E-state index is -0.389. The average Bonchev–Trinajstić information content (AvgIpc) is 2.70. The Kier molecular flexibility index (Phi) is 3.31. The largest absolute Gasteiger partial charge is 0.489 e. The van der Waals surface area contributed by atoms with Gasteiger partial charge in [-0.05, 0) is 37.6 Å². The van der Waals surface area contributed by atoms with E-state index in [1.54, 1.807) is 6.92 Å². The standard InChI is InChI=1S/C12H18N2O2/c1-9(15)14-7-6-12(8-14)16-11-4-2-10(13)3-5-11/h2-5,9,12,15H,6-8,13H2,1H3/t9?,12-/m0/s1. The summed E-state index contributed by atoms with van der Waals surface area (Å²) in [5.74, 6) is 0.839. The minimum absolute atomic E-state index is 0.165. The molecular weight excluding hydrogens is 204 g/mol. The number of ether oxygens (including phenoxy) is 1. The fourth-order valence-corrected chi connectivity index (χ4v) is 1.93. The summed E-state index contributed by atoms with van der Waals surface area (Å²) < 4.78 is 5.80. The average molecular weight is 222 g/mol. The van der Waals surface area contributed by atoms with Gasteiger partial charge in [0.1, 0.15) is 18.1 Å². The van der Waals surface area contributed by atoms with E-state index < -0.39 is 0 Å². The third-order valence-electron chi connectivity index (χ3n) is 2.89. The van der Waals surface area contributed by atoms with Crippen molar-refractivity contribution in [2.45, 2.75) is 25.7 Å². The number of hydrogen-bond acceptors (Lipinski definition) is 4. The molecule has 4 heteroatoms. The van der Waals surface area contributed by atoms with Gasteiger partial charge in [0.2, 0.25) is 0 Å². The molecule has 1 aromatic rings. The Bertz CT molecular complexity index is 337. The summed E-state index contributed by atoms with van der Waals surface area (Å²) in [6.45, 7) is 3.45. The lowest BCUT2D eigenvalue weighted by Crippen LogP contribution is -2.32. The van der Waals surface area contributed by atoms with Crippen LogP contribution in [0.3, 0.4) is 0 Å². The first-order chi connectivity index (χ1) is 7.65. The SMILES string of the molecule is CC(O)N1CC[C@H](Oc2ccc(N)cc2)C1. The summed E-state index contributed by atoms with van der Waals surface area (Å²) in [7, 11) is 0. The van der Waals surface area contributed by atoms with E-state index in [9.17, 15) is 5.11 Å². The van der Waals surface area contributed by atoms with Crippen molar-refractivity contribution in [3.8, 4) is 5.75 Å². The molecule has 0 saturated carbocycles. The molecule has 0 spiro atoms. The minimum Gasteiger partial charge on any atom is -0.489 e. The van der Waals surface area contributed by atoms with Gasteiger partial charge in [0.15, 0.2) is 0 Å². The molecule has 0 aliphatic carbocycles. The number of rotatable bonds is 3. The Balaban J connectivity index is 1.89. The zero-order chi connectivity index (χ0) is 11.5. The van der Waals surface area contributed by atoms with E-state index in [1.807, 2.05) is 29.2 Å². The van der Waals surface area contributed by atoms with E-state index in [0.29, 0.717) is 0 Å². The van der Waals surface area contributed by atoms with Crippen LogP contribution in [-0.4, -0.2) is 35.4 Å². The molecule has 1 saturated heterocycles. The Morgan fingerprint density at radius 1 is 1.44 bits per heavy atom. The Morgan fingerprint density at radius 3 is 2.69 bits per heavy atom. The van der Waals surface area contributed by atoms with Crippen LogP contribution in [0.15, 0.2) is 24.3 Å². The fourth-order valence-electron chi connectivity index (χ4n) is 1.93. The summed E-state index contributed by atoms with van der Waals surface area (Å²) in [5.41, 5.74) is 6.34. The number of benzene rings is 1. The maximum Gasteiger partial charge on any atom is 0.119 e. The van der Waals surface area contributed by atoms with Crippen molar-refractivity contribution in [2.75, 3.05) is 18.8 Å². The van der Waals surface area contributed by atoms with Crippen molar-refractivity contribution in [3.63, 3.8) is 0 Å². The van der Waals surface area contributed by atoms with Crippen LogP contribution >= 0.6 is 0 Å². The molecule has 1 aromatic carbocycles. The molecule has 1 fully saturated rings. The summed E-state index contributed by atoms with van der Waals surface area (Å²) >= 11 is 0. The van der Waals surface area contributed by atoms with Crippen LogP contribution in [0.25, 0.3) is 0 Å². The lowest BCUT2D eigenvalue weighted by molar-refractivity contribution is 0.0291. The van der Waals surface area contributed by atoms with E-state index in [2.05, 4.69) is 0 Å². The van der Waals surface area contributed by atoms with Crippen LogP contribution in [0, 0.1) is 0 Å². The molecule has 0 bridgehead atoms. The number of nitrogen functional groups attached to an aromatic ring is 1. The van der Waals surface area contributed by atoms with Gasteiger partial charge in [0.05, 0.1) is 0 Å². The molecule has 3 N–H and O–H groups in total. The monoisotopic (exact) mass is 222 g/mol. The molecule has 0 aromatic heterocycles. The van der Waals surface area contributed by atoms with Gasteiger partial charge < -0.3 is 15.6 Å². The summed E-state index contributed by atoms with van der Waals surface area (Å²) in [6, 6.07) is 7.41. The lowest BCUT2D eigenvalue weighted by Gasteiger charge is -2.19. The molecule has 4 nitrogen and oxygen atoms in total. The van der Waals surface area contributed by atoms with E-state index in [1.165, 1.54) is 0 Å². The molecule has 0 amide bonds. The number of hydrogen-bond donors (Lipinski definition) is 2. The number of nitrogens with zero attached hydrogens (tertiary/aromatic N) is 1. The predicted octanol–water partition coefficient (Wildman–Crippen LogP) is 1.06. The molecule has 2 atom stereocenters. The van der Waals surface area contributed by atoms with Gasteiger partial charge >= 0.3 is 0 Å². The van der Waals surface area contributed by atoms with E-state index >= 15 is 0 Å². The predicted molar refractivity (Wildman–Crippen MR) is 63.1 cm³/mol. The first-order valence-electron chi connectivity index (χ1n) is 5.59. The summed E-state index contributed by atoms with van der Waals surface area (Å²) in [4.78, 5) is 2.00. The highest BCUT2D eigenvalue weighted by molar-refractivity contribution is 5.41. The molecule has 1 aliphatic rings. The van der Waals surface area contributed by atoms with Gasteiger partial charge in [-0.25, -0.2) is 0 Å². The second-order valence-corrected chi connectivity index (χ2v) is 4.22. The van der Waals surface area contributed by atoms with Crippen LogP contribution in [-0.2, 0) is 0 Å². The van der Waals surface area contributed by atoms with Crippen LogP contribution in [0.5, 0.6) is 5.75 Å². The second-order valence-electron chi connectivity index (χ2n) is 4.22. The van der Waals surface area contributed by atoms with Crippen molar-refractivity contribution >= 4 is 5.69 Å². The van der Waals surface area contributed by atoms with Crippen molar-refractivity contribution < 1.29 is 9.84 Å².